The van der Waals surface area contributed by atoms with Crippen LogP contribution >= 0.6 is 11.3 Å². The van der Waals surface area contributed by atoms with Gasteiger partial charge in [-0.25, -0.2) is 4.79 Å². The van der Waals surface area contributed by atoms with E-state index in [0.717, 1.165) is 21.4 Å². The zero-order valence-electron chi connectivity index (χ0n) is 8.40. The van der Waals surface area contributed by atoms with Crippen molar-refractivity contribution in [1.29, 1.82) is 0 Å². The van der Waals surface area contributed by atoms with Crippen molar-refractivity contribution in [1.82, 2.24) is 0 Å². The Kier molecular flexibility index (Phi) is 2.36. The van der Waals surface area contributed by atoms with E-state index in [9.17, 15) is 4.79 Å². The molecule has 1 aromatic carbocycles. The fourth-order valence-corrected chi connectivity index (χ4v) is 2.50. The molecule has 0 aliphatic carbocycles. The molecule has 0 radical (unpaired) electrons. The van der Waals surface area contributed by atoms with Gasteiger partial charge >= 0.3 is 5.97 Å². The summed E-state index contributed by atoms with van der Waals surface area (Å²) in [7, 11) is 1.59. The minimum absolute atomic E-state index is 0.345. The number of rotatable bonds is 2. The van der Waals surface area contributed by atoms with E-state index in [1.807, 2.05) is 19.1 Å². The molecule has 0 aliphatic rings. The molecular formula is C11H10O3S. The van der Waals surface area contributed by atoms with E-state index in [1.54, 1.807) is 13.2 Å². The van der Waals surface area contributed by atoms with Gasteiger partial charge in [0.25, 0.3) is 0 Å². The van der Waals surface area contributed by atoms with E-state index >= 15 is 0 Å². The molecule has 1 heterocycles. The molecule has 0 fully saturated rings. The van der Waals surface area contributed by atoms with Gasteiger partial charge < -0.3 is 9.84 Å². The van der Waals surface area contributed by atoms with Crippen molar-refractivity contribution in [2.24, 2.45) is 0 Å². The summed E-state index contributed by atoms with van der Waals surface area (Å²) in [5.74, 6) is -0.169. The lowest BCUT2D eigenvalue weighted by molar-refractivity contribution is 0.0702. The van der Waals surface area contributed by atoms with Crippen LogP contribution in [0.1, 0.15) is 15.2 Å². The number of aryl methyl sites for hydroxylation is 1. The second-order valence-corrected chi connectivity index (χ2v) is 4.30. The van der Waals surface area contributed by atoms with Crippen molar-refractivity contribution in [3.8, 4) is 5.75 Å². The molecule has 4 heteroatoms. The van der Waals surface area contributed by atoms with E-state index < -0.39 is 5.97 Å². The zero-order chi connectivity index (χ0) is 11.0. The summed E-state index contributed by atoms with van der Waals surface area (Å²) in [6, 6.07) is 5.45. The van der Waals surface area contributed by atoms with Gasteiger partial charge in [-0.3, -0.25) is 0 Å². The Morgan fingerprint density at radius 1 is 1.47 bits per heavy atom. The third kappa shape index (κ3) is 1.57. The molecule has 0 saturated carbocycles. The number of fused-ring (bicyclic) bond motifs is 1. The largest absolute Gasteiger partial charge is 0.496 e. The van der Waals surface area contributed by atoms with Gasteiger partial charge in [0.2, 0.25) is 0 Å². The van der Waals surface area contributed by atoms with Gasteiger partial charge in [0.05, 0.1) is 7.11 Å². The van der Waals surface area contributed by atoms with Crippen LogP contribution in [0.5, 0.6) is 5.75 Å². The van der Waals surface area contributed by atoms with E-state index in [4.69, 9.17) is 9.84 Å². The quantitative estimate of drug-likeness (QED) is 0.849. The van der Waals surface area contributed by atoms with Crippen molar-refractivity contribution in [2.45, 2.75) is 6.92 Å². The number of thiophene rings is 1. The second kappa shape index (κ2) is 3.55. The first-order chi connectivity index (χ1) is 7.13. The summed E-state index contributed by atoms with van der Waals surface area (Å²) < 4.78 is 6.17. The lowest BCUT2D eigenvalue weighted by Crippen LogP contribution is -1.89. The molecule has 78 valence electrons. The first-order valence-corrected chi connectivity index (χ1v) is 5.25. The average Bonchev–Trinajstić information content (AvgIpc) is 2.64. The summed E-state index contributed by atoms with van der Waals surface area (Å²) in [6.07, 6.45) is 0. The fraction of sp³-hybridized carbons (Fsp3) is 0.182. The van der Waals surface area contributed by atoms with Crippen LogP contribution in [-0.4, -0.2) is 18.2 Å². The predicted octanol–water partition coefficient (Wildman–Crippen LogP) is 2.92. The smallest absolute Gasteiger partial charge is 0.345 e. The highest BCUT2D eigenvalue weighted by Crippen LogP contribution is 2.34. The molecule has 0 saturated heterocycles. The van der Waals surface area contributed by atoms with Crippen molar-refractivity contribution < 1.29 is 14.6 Å². The standard InChI is InChI=1S/C11H10O3S/c1-6-3-4-8(14-2)7-5-9(11(12)13)15-10(6)7/h3-5H,1-2H3,(H,12,13). The van der Waals surface area contributed by atoms with Crippen LogP contribution in [0.4, 0.5) is 0 Å². The lowest BCUT2D eigenvalue weighted by atomic mass is 10.1. The number of hydrogen-bond donors (Lipinski definition) is 1. The first-order valence-electron chi connectivity index (χ1n) is 4.44. The van der Waals surface area contributed by atoms with E-state index in [-0.39, 0.29) is 0 Å². The Balaban J connectivity index is 2.77. The summed E-state index contributed by atoms with van der Waals surface area (Å²) in [5, 5.41) is 9.78. The van der Waals surface area contributed by atoms with Crippen molar-refractivity contribution in [2.75, 3.05) is 7.11 Å². The number of carbonyl (C=O) groups is 1. The molecule has 2 rings (SSSR count). The highest BCUT2D eigenvalue weighted by molar-refractivity contribution is 7.21. The highest BCUT2D eigenvalue weighted by Gasteiger charge is 2.12. The van der Waals surface area contributed by atoms with Gasteiger partial charge in [0, 0.05) is 10.1 Å². The Bertz CT molecular complexity index is 528. The SMILES string of the molecule is COc1ccc(C)c2sc(C(=O)O)cc12. The summed E-state index contributed by atoms with van der Waals surface area (Å²) in [5.41, 5.74) is 1.07. The number of methoxy groups -OCH3 is 1. The summed E-state index contributed by atoms with van der Waals surface area (Å²) >= 11 is 1.28. The normalized spacial score (nSPS) is 10.5. The maximum absolute atomic E-state index is 10.9. The molecule has 0 amide bonds. The molecule has 0 spiro atoms. The van der Waals surface area contributed by atoms with Gasteiger partial charge in [0.1, 0.15) is 10.6 Å². The lowest BCUT2D eigenvalue weighted by Gasteiger charge is -2.02. The molecule has 1 aromatic heterocycles. The Labute approximate surface area is 90.9 Å². The molecule has 0 unspecified atom stereocenters. The Morgan fingerprint density at radius 3 is 2.80 bits per heavy atom. The zero-order valence-corrected chi connectivity index (χ0v) is 9.22. The average molecular weight is 222 g/mol. The molecule has 0 bridgehead atoms. The van der Waals surface area contributed by atoms with Crippen molar-refractivity contribution >= 4 is 27.4 Å². The van der Waals surface area contributed by atoms with Gasteiger partial charge in [-0.15, -0.1) is 11.3 Å². The minimum Gasteiger partial charge on any atom is -0.496 e. The topological polar surface area (TPSA) is 46.5 Å². The van der Waals surface area contributed by atoms with Crippen LogP contribution in [0.25, 0.3) is 10.1 Å². The van der Waals surface area contributed by atoms with E-state index in [0.29, 0.717) is 4.88 Å². The minimum atomic E-state index is -0.891. The van der Waals surface area contributed by atoms with Crippen LogP contribution in [0.2, 0.25) is 0 Å². The molecule has 2 aromatic rings. The maximum Gasteiger partial charge on any atom is 0.345 e. The number of ether oxygens (including phenoxy) is 1. The fourth-order valence-electron chi connectivity index (χ4n) is 1.52. The predicted molar refractivity (Wildman–Crippen MR) is 60.1 cm³/mol. The Hall–Kier alpha value is -1.55. The molecule has 1 N–H and O–H groups in total. The number of benzene rings is 1. The maximum atomic E-state index is 10.9. The van der Waals surface area contributed by atoms with Crippen LogP contribution in [0, 0.1) is 6.92 Å². The van der Waals surface area contributed by atoms with Crippen LogP contribution in [0.15, 0.2) is 18.2 Å². The molecule has 3 nitrogen and oxygen atoms in total. The third-order valence-corrected chi connectivity index (χ3v) is 3.53. The summed E-state index contributed by atoms with van der Waals surface area (Å²) in [4.78, 5) is 11.2. The van der Waals surface area contributed by atoms with E-state index in [2.05, 4.69) is 0 Å². The molecule has 0 aliphatic heterocycles. The first kappa shape index (κ1) is 9.98. The molecule has 0 atom stereocenters. The number of aromatic carboxylic acids is 1. The number of carboxylic acid groups (broad SMARTS) is 1. The number of carboxylic acids is 1. The third-order valence-electron chi connectivity index (χ3n) is 2.27. The van der Waals surface area contributed by atoms with Crippen LogP contribution in [0.3, 0.4) is 0 Å². The van der Waals surface area contributed by atoms with Crippen LogP contribution < -0.4 is 4.74 Å². The molecule has 15 heavy (non-hydrogen) atoms. The van der Waals surface area contributed by atoms with E-state index in [1.165, 1.54) is 11.3 Å². The summed E-state index contributed by atoms with van der Waals surface area (Å²) in [6.45, 7) is 1.96. The highest BCUT2D eigenvalue weighted by atomic mass is 32.1. The van der Waals surface area contributed by atoms with Gasteiger partial charge in [0.15, 0.2) is 0 Å². The molecular weight excluding hydrogens is 212 g/mol. The van der Waals surface area contributed by atoms with Gasteiger partial charge in [-0.2, -0.15) is 0 Å². The number of hydrogen-bond acceptors (Lipinski definition) is 3. The monoisotopic (exact) mass is 222 g/mol. The van der Waals surface area contributed by atoms with Crippen molar-refractivity contribution in [3.05, 3.63) is 28.6 Å². The van der Waals surface area contributed by atoms with Crippen LogP contribution in [-0.2, 0) is 0 Å². The van der Waals surface area contributed by atoms with Gasteiger partial charge in [-0.05, 0) is 24.6 Å². The van der Waals surface area contributed by atoms with Crippen molar-refractivity contribution in [3.63, 3.8) is 0 Å². The Morgan fingerprint density at radius 2 is 2.20 bits per heavy atom. The second-order valence-electron chi connectivity index (χ2n) is 3.24. The van der Waals surface area contributed by atoms with Gasteiger partial charge in [-0.1, -0.05) is 6.07 Å².